The van der Waals surface area contributed by atoms with E-state index in [2.05, 4.69) is 39.3 Å². The van der Waals surface area contributed by atoms with Crippen LogP contribution in [-0.2, 0) is 4.74 Å². The summed E-state index contributed by atoms with van der Waals surface area (Å²) < 4.78 is 5.75. The van der Waals surface area contributed by atoms with Crippen molar-refractivity contribution in [2.75, 3.05) is 39.1 Å². The third kappa shape index (κ3) is 4.75. The van der Waals surface area contributed by atoms with Gasteiger partial charge in [0, 0.05) is 25.7 Å². The molecular weight excluding hydrogens is 362 g/mol. The number of rotatable bonds is 6. The van der Waals surface area contributed by atoms with E-state index in [0.29, 0.717) is 11.5 Å². The van der Waals surface area contributed by atoms with Gasteiger partial charge in [-0.1, -0.05) is 0 Å². The molecule has 1 saturated heterocycles. The Bertz CT molecular complexity index is 818. The third-order valence-corrected chi connectivity index (χ3v) is 6.02. The van der Waals surface area contributed by atoms with Gasteiger partial charge < -0.3 is 20.3 Å². The maximum absolute atomic E-state index is 12.9. The number of nitrogens with one attached hydrogen (secondary N) is 2. The summed E-state index contributed by atoms with van der Waals surface area (Å²) >= 11 is 1.43. The molecule has 0 saturated carbocycles. The van der Waals surface area contributed by atoms with Gasteiger partial charge in [-0.15, -0.1) is 11.3 Å². The van der Waals surface area contributed by atoms with E-state index in [1.165, 1.54) is 11.3 Å². The summed E-state index contributed by atoms with van der Waals surface area (Å²) in [5, 5.41) is 7.50. The van der Waals surface area contributed by atoms with Crippen LogP contribution in [0.5, 0.6) is 0 Å². The molecular formula is C19H29N5O2S. The van der Waals surface area contributed by atoms with E-state index in [0.717, 1.165) is 47.5 Å². The van der Waals surface area contributed by atoms with Gasteiger partial charge in [-0.2, -0.15) is 0 Å². The SMILES string of the molecule is Cc1c(C(=O)NC2CCOC(C)(C)C2)sc2ncnc(NCCN(C)C)c12. The molecule has 1 amide bonds. The van der Waals surface area contributed by atoms with E-state index in [4.69, 9.17) is 4.74 Å². The summed E-state index contributed by atoms with van der Waals surface area (Å²) in [6.07, 6.45) is 3.22. The van der Waals surface area contributed by atoms with E-state index in [9.17, 15) is 4.79 Å². The first-order chi connectivity index (χ1) is 12.8. The molecule has 2 aromatic rings. The molecule has 0 radical (unpaired) electrons. The summed E-state index contributed by atoms with van der Waals surface area (Å²) in [7, 11) is 4.07. The smallest absolute Gasteiger partial charge is 0.261 e. The number of ether oxygens (including phenoxy) is 1. The highest BCUT2D eigenvalue weighted by Crippen LogP contribution is 2.33. The minimum Gasteiger partial charge on any atom is -0.375 e. The zero-order valence-electron chi connectivity index (χ0n) is 16.8. The number of thiophene rings is 1. The molecule has 0 spiro atoms. The molecule has 1 atom stereocenters. The van der Waals surface area contributed by atoms with Crippen molar-refractivity contribution in [3.63, 3.8) is 0 Å². The van der Waals surface area contributed by atoms with Gasteiger partial charge >= 0.3 is 0 Å². The molecule has 0 bridgehead atoms. The lowest BCUT2D eigenvalue weighted by molar-refractivity contribution is -0.0615. The number of amides is 1. The average molecular weight is 392 g/mol. The fraction of sp³-hybridized carbons (Fsp3) is 0.632. The molecule has 27 heavy (non-hydrogen) atoms. The Morgan fingerprint density at radius 3 is 2.89 bits per heavy atom. The first-order valence-electron chi connectivity index (χ1n) is 9.34. The topological polar surface area (TPSA) is 79.4 Å². The van der Waals surface area contributed by atoms with Crippen LogP contribution in [0.4, 0.5) is 5.82 Å². The summed E-state index contributed by atoms with van der Waals surface area (Å²) in [6, 6.07) is 0.134. The molecule has 7 nitrogen and oxygen atoms in total. The number of nitrogens with zero attached hydrogens (tertiary/aromatic N) is 3. The first kappa shape index (κ1) is 20.0. The van der Waals surface area contributed by atoms with E-state index < -0.39 is 0 Å². The highest BCUT2D eigenvalue weighted by molar-refractivity contribution is 7.20. The molecule has 1 aliphatic heterocycles. The molecule has 8 heteroatoms. The number of hydrogen-bond donors (Lipinski definition) is 2. The van der Waals surface area contributed by atoms with Crippen LogP contribution in [0.15, 0.2) is 6.33 Å². The maximum Gasteiger partial charge on any atom is 0.261 e. The predicted molar refractivity (Wildman–Crippen MR) is 110 cm³/mol. The lowest BCUT2D eigenvalue weighted by atomic mass is 9.94. The van der Waals surface area contributed by atoms with Crippen LogP contribution in [-0.4, -0.2) is 66.2 Å². The van der Waals surface area contributed by atoms with Crippen LogP contribution in [0, 0.1) is 6.92 Å². The van der Waals surface area contributed by atoms with Gasteiger partial charge in [0.25, 0.3) is 5.91 Å². The molecule has 0 aliphatic carbocycles. The molecule has 1 fully saturated rings. The van der Waals surface area contributed by atoms with Crippen molar-refractivity contribution >= 4 is 33.3 Å². The quantitative estimate of drug-likeness (QED) is 0.788. The molecule has 3 rings (SSSR count). The van der Waals surface area contributed by atoms with Crippen molar-refractivity contribution in [3.05, 3.63) is 16.8 Å². The van der Waals surface area contributed by atoms with Crippen molar-refractivity contribution in [3.8, 4) is 0 Å². The molecule has 148 valence electrons. The van der Waals surface area contributed by atoms with Crippen LogP contribution in [0.25, 0.3) is 10.2 Å². The van der Waals surface area contributed by atoms with Crippen LogP contribution >= 0.6 is 11.3 Å². The number of carbonyl (C=O) groups excluding carboxylic acids is 1. The Morgan fingerprint density at radius 2 is 2.19 bits per heavy atom. The largest absolute Gasteiger partial charge is 0.375 e. The van der Waals surface area contributed by atoms with Crippen molar-refractivity contribution in [2.24, 2.45) is 0 Å². The van der Waals surface area contributed by atoms with Crippen molar-refractivity contribution in [1.29, 1.82) is 0 Å². The lowest BCUT2D eigenvalue weighted by Gasteiger charge is -2.35. The fourth-order valence-electron chi connectivity index (χ4n) is 3.43. The van der Waals surface area contributed by atoms with Gasteiger partial charge in [0.05, 0.1) is 15.9 Å². The van der Waals surface area contributed by atoms with Gasteiger partial charge in [0.2, 0.25) is 0 Å². The van der Waals surface area contributed by atoms with Gasteiger partial charge in [-0.05, 0) is 53.3 Å². The van der Waals surface area contributed by atoms with Crippen molar-refractivity contribution in [1.82, 2.24) is 20.2 Å². The molecule has 2 aromatic heterocycles. The van der Waals surface area contributed by atoms with Crippen LogP contribution in [0.1, 0.15) is 41.9 Å². The van der Waals surface area contributed by atoms with Gasteiger partial charge in [-0.3, -0.25) is 4.79 Å². The summed E-state index contributed by atoms with van der Waals surface area (Å²) in [5.41, 5.74) is 0.743. The van der Waals surface area contributed by atoms with Crippen LogP contribution < -0.4 is 10.6 Å². The molecule has 1 aliphatic rings. The second-order valence-corrected chi connectivity index (χ2v) is 8.96. The number of hydrogen-bond acceptors (Lipinski definition) is 7. The van der Waals surface area contributed by atoms with E-state index in [1.54, 1.807) is 6.33 Å². The molecule has 2 N–H and O–H groups in total. The number of carbonyl (C=O) groups is 1. The number of aryl methyl sites for hydroxylation is 1. The fourth-order valence-corrected chi connectivity index (χ4v) is 4.48. The average Bonchev–Trinajstić information content (AvgIpc) is 2.91. The van der Waals surface area contributed by atoms with Crippen LogP contribution in [0.3, 0.4) is 0 Å². The van der Waals surface area contributed by atoms with E-state index in [-0.39, 0.29) is 17.6 Å². The van der Waals surface area contributed by atoms with Crippen molar-refractivity contribution < 1.29 is 9.53 Å². The highest BCUT2D eigenvalue weighted by atomic mass is 32.1. The monoisotopic (exact) mass is 391 g/mol. The standard InChI is InChI=1S/C19H29N5O2S/c1-12-14-16(20-7-8-24(4)5)21-11-22-18(14)27-15(12)17(25)23-13-6-9-26-19(2,3)10-13/h11,13H,6-10H2,1-5H3,(H,23,25)(H,20,21,22). The molecule has 3 heterocycles. The van der Waals surface area contributed by atoms with Gasteiger partial charge in [-0.25, -0.2) is 9.97 Å². The third-order valence-electron chi connectivity index (χ3n) is 4.82. The normalized spacial score (nSPS) is 19.4. The summed E-state index contributed by atoms with van der Waals surface area (Å²) in [5.74, 6) is 0.763. The minimum absolute atomic E-state index is 0.0301. The Morgan fingerprint density at radius 1 is 1.41 bits per heavy atom. The zero-order chi connectivity index (χ0) is 19.6. The van der Waals surface area contributed by atoms with Crippen molar-refractivity contribution in [2.45, 2.75) is 45.3 Å². The second-order valence-electron chi connectivity index (χ2n) is 7.96. The Hall–Kier alpha value is -1.77. The highest BCUT2D eigenvalue weighted by Gasteiger charge is 2.30. The van der Waals surface area contributed by atoms with Gasteiger partial charge in [0.15, 0.2) is 0 Å². The Labute approximate surface area is 164 Å². The van der Waals surface area contributed by atoms with E-state index >= 15 is 0 Å². The number of anilines is 1. The molecule has 0 aromatic carbocycles. The first-order valence-corrected chi connectivity index (χ1v) is 10.2. The predicted octanol–water partition coefficient (Wildman–Crippen LogP) is 2.66. The number of likely N-dealkylation sites (N-methyl/N-ethyl adjacent to an activating group) is 1. The molecule has 1 unspecified atom stereocenters. The van der Waals surface area contributed by atoms with Crippen LogP contribution in [0.2, 0.25) is 0 Å². The zero-order valence-corrected chi connectivity index (χ0v) is 17.6. The Balaban J connectivity index is 1.78. The maximum atomic E-state index is 12.9. The minimum atomic E-state index is -0.194. The Kier molecular flexibility index (Phi) is 5.98. The number of fused-ring (bicyclic) bond motifs is 1. The second kappa shape index (κ2) is 8.08. The number of aromatic nitrogens is 2. The summed E-state index contributed by atoms with van der Waals surface area (Å²) in [6.45, 7) is 8.47. The van der Waals surface area contributed by atoms with E-state index in [1.807, 2.05) is 21.0 Å². The lowest BCUT2D eigenvalue weighted by Crippen LogP contribution is -2.45. The summed E-state index contributed by atoms with van der Waals surface area (Å²) in [4.78, 5) is 25.3. The van der Waals surface area contributed by atoms with Gasteiger partial charge in [0.1, 0.15) is 17.0 Å².